The molecule has 2 aromatic carbocycles. The lowest BCUT2D eigenvalue weighted by atomic mass is 9.95. The highest BCUT2D eigenvalue weighted by atomic mass is 19.1. The number of nitrogens with zero attached hydrogens (tertiary/aromatic N) is 1. The van der Waals surface area contributed by atoms with E-state index < -0.39 is 6.10 Å². The number of aliphatic hydroxyl groups is 2. The van der Waals surface area contributed by atoms with Gasteiger partial charge in [-0.2, -0.15) is 0 Å². The van der Waals surface area contributed by atoms with Crippen molar-refractivity contribution in [2.75, 3.05) is 26.8 Å². The van der Waals surface area contributed by atoms with Gasteiger partial charge in [0.2, 0.25) is 0 Å². The van der Waals surface area contributed by atoms with Crippen LogP contribution in [0.25, 0.3) is 0 Å². The second-order valence-corrected chi connectivity index (χ2v) is 7.44. The van der Waals surface area contributed by atoms with Crippen molar-refractivity contribution in [2.45, 2.75) is 18.6 Å². The highest BCUT2D eigenvalue weighted by molar-refractivity contribution is 5.37. The molecule has 1 saturated heterocycles. The maximum Gasteiger partial charge on any atom is 0.165 e. The lowest BCUT2D eigenvalue weighted by Gasteiger charge is -2.17. The molecule has 0 bridgehead atoms. The molecule has 2 aliphatic rings. The Labute approximate surface area is 152 Å². The molecule has 4 atom stereocenters. The van der Waals surface area contributed by atoms with Crippen LogP contribution >= 0.6 is 0 Å². The van der Waals surface area contributed by atoms with Gasteiger partial charge in [0.25, 0.3) is 0 Å². The van der Waals surface area contributed by atoms with E-state index in [1.807, 2.05) is 18.2 Å². The minimum Gasteiger partial charge on any atom is -0.494 e. The van der Waals surface area contributed by atoms with E-state index in [9.17, 15) is 14.6 Å². The Morgan fingerprint density at radius 1 is 1.23 bits per heavy atom. The summed E-state index contributed by atoms with van der Waals surface area (Å²) in [6.07, 6.45) is -0.479. The minimum atomic E-state index is -0.479. The zero-order chi connectivity index (χ0) is 18.3. The molecule has 1 aliphatic carbocycles. The first-order valence-electron chi connectivity index (χ1n) is 8.98. The number of rotatable bonds is 5. The van der Waals surface area contributed by atoms with Gasteiger partial charge in [0.05, 0.1) is 13.2 Å². The molecule has 1 heterocycles. The van der Waals surface area contributed by atoms with Crippen LogP contribution in [0.4, 0.5) is 4.39 Å². The van der Waals surface area contributed by atoms with E-state index in [-0.39, 0.29) is 35.4 Å². The summed E-state index contributed by atoms with van der Waals surface area (Å²) in [5.74, 6) is 0.115. The number of likely N-dealkylation sites (tertiary alicyclic amines) is 1. The largest absolute Gasteiger partial charge is 0.494 e. The van der Waals surface area contributed by atoms with Gasteiger partial charge in [-0.25, -0.2) is 4.39 Å². The zero-order valence-corrected chi connectivity index (χ0v) is 14.8. The molecule has 4 nitrogen and oxygen atoms in total. The summed E-state index contributed by atoms with van der Waals surface area (Å²) in [4.78, 5) is 2.18. The van der Waals surface area contributed by atoms with Crippen molar-refractivity contribution >= 4 is 0 Å². The average Bonchev–Trinajstić information content (AvgIpc) is 3.20. The molecule has 1 aliphatic heterocycles. The molecule has 0 radical (unpaired) electrons. The maximum absolute atomic E-state index is 13.6. The summed E-state index contributed by atoms with van der Waals surface area (Å²) in [6.45, 7) is 1.97. The zero-order valence-electron chi connectivity index (χ0n) is 14.8. The van der Waals surface area contributed by atoms with Crippen molar-refractivity contribution in [3.05, 3.63) is 65.5 Å². The van der Waals surface area contributed by atoms with E-state index >= 15 is 0 Å². The van der Waals surface area contributed by atoms with Crippen LogP contribution in [0.2, 0.25) is 0 Å². The highest BCUT2D eigenvalue weighted by Gasteiger charge is 2.70. The molecule has 0 amide bonds. The van der Waals surface area contributed by atoms with Gasteiger partial charge in [0.15, 0.2) is 11.6 Å². The summed E-state index contributed by atoms with van der Waals surface area (Å²) in [5, 5.41) is 20.7. The molecule has 26 heavy (non-hydrogen) atoms. The Morgan fingerprint density at radius 3 is 2.69 bits per heavy atom. The highest BCUT2D eigenvalue weighted by Crippen LogP contribution is 2.68. The number of hydrogen-bond donors (Lipinski definition) is 2. The summed E-state index contributed by atoms with van der Waals surface area (Å²) in [5.41, 5.74) is 1.83. The SMILES string of the molecule is COc1cc(CN2C[C@H](O)[C@@]3(C2)[C@H](CO)[C@H]3c2ccccc2)ccc1F. The van der Waals surface area contributed by atoms with Gasteiger partial charge in [0, 0.05) is 31.7 Å². The van der Waals surface area contributed by atoms with E-state index in [4.69, 9.17) is 4.74 Å². The Hall–Kier alpha value is -1.95. The van der Waals surface area contributed by atoms with Gasteiger partial charge < -0.3 is 14.9 Å². The number of halogens is 1. The number of methoxy groups -OCH3 is 1. The average molecular weight is 357 g/mol. The third kappa shape index (κ3) is 2.71. The summed E-state index contributed by atoms with van der Waals surface area (Å²) in [7, 11) is 1.46. The van der Waals surface area contributed by atoms with Gasteiger partial charge in [-0.05, 0) is 35.1 Å². The van der Waals surface area contributed by atoms with E-state index in [0.717, 1.165) is 12.1 Å². The number of benzene rings is 2. The quantitative estimate of drug-likeness (QED) is 0.863. The summed E-state index contributed by atoms with van der Waals surface area (Å²) in [6, 6.07) is 15.0. The topological polar surface area (TPSA) is 52.9 Å². The third-order valence-electron chi connectivity index (χ3n) is 6.09. The lowest BCUT2D eigenvalue weighted by molar-refractivity contribution is 0.111. The number of hydrogen-bond acceptors (Lipinski definition) is 4. The van der Waals surface area contributed by atoms with E-state index in [1.165, 1.54) is 18.7 Å². The van der Waals surface area contributed by atoms with Crippen LogP contribution in [-0.2, 0) is 6.54 Å². The minimum absolute atomic E-state index is 0.0765. The molecule has 2 aromatic rings. The molecular weight excluding hydrogens is 333 g/mol. The van der Waals surface area contributed by atoms with E-state index in [0.29, 0.717) is 13.1 Å². The smallest absolute Gasteiger partial charge is 0.165 e. The van der Waals surface area contributed by atoms with Gasteiger partial charge in [-0.15, -0.1) is 0 Å². The molecule has 2 fully saturated rings. The molecule has 1 saturated carbocycles. The normalized spacial score (nSPS) is 30.7. The first-order chi connectivity index (χ1) is 12.6. The predicted molar refractivity (Wildman–Crippen MR) is 96.4 cm³/mol. The first kappa shape index (κ1) is 17.5. The Balaban J connectivity index is 1.53. The fourth-order valence-electron chi connectivity index (χ4n) is 4.84. The van der Waals surface area contributed by atoms with Gasteiger partial charge in [0.1, 0.15) is 0 Å². The number of ether oxygens (including phenoxy) is 1. The molecule has 0 aromatic heterocycles. The molecule has 0 unspecified atom stereocenters. The molecule has 5 heteroatoms. The summed E-state index contributed by atoms with van der Waals surface area (Å²) < 4.78 is 18.7. The van der Waals surface area contributed by atoms with E-state index in [1.54, 1.807) is 12.1 Å². The second kappa shape index (κ2) is 6.65. The van der Waals surface area contributed by atoms with Gasteiger partial charge >= 0.3 is 0 Å². The van der Waals surface area contributed by atoms with Crippen molar-refractivity contribution in [3.8, 4) is 5.75 Å². The first-order valence-corrected chi connectivity index (χ1v) is 8.98. The Kier molecular flexibility index (Phi) is 4.47. The Bertz CT molecular complexity index is 784. The predicted octanol–water partition coefficient (Wildman–Crippen LogP) is 2.40. The number of aliphatic hydroxyl groups excluding tert-OH is 2. The Morgan fingerprint density at radius 2 is 2.00 bits per heavy atom. The van der Waals surface area contributed by atoms with Crippen LogP contribution in [0.1, 0.15) is 17.0 Å². The van der Waals surface area contributed by atoms with Crippen LogP contribution in [0.15, 0.2) is 48.5 Å². The molecular formula is C21H24FNO3. The third-order valence-corrected chi connectivity index (χ3v) is 6.09. The fraction of sp³-hybridized carbons (Fsp3) is 0.429. The van der Waals surface area contributed by atoms with Crippen LogP contribution in [-0.4, -0.2) is 48.0 Å². The van der Waals surface area contributed by atoms with Gasteiger partial charge in [-0.3, -0.25) is 4.90 Å². The summed E-state index contributed by atoms with van der Waals surface area (Å²) >= 11 is 0. The standard InChI is InChI=1S/C21H24FNO3/c1-26-18-9-14(7-8-17(18)22)10-23-11-19(25)21(13-23)16(12-24)20(21)15-5-3-2-4-6-15/h2-9,16,19-20,24-25H,10-13H2,1H3/t16-,19+,20-,21-/m1/s1. The van der Waals surface area contributed by atoms with Crippen molar-refractivity contribution in [1.82, 2.24) is 4.90 Å². The molecule has 2 N–H and O–H groups in total. The molecule has 4 rings (SSSR count). The van der Waals surface area contributed by atoms with Crippen molar-refractivity contribution in [2.24, 2.45) is 11.3 Å². The number of β-amino-alcohol motifs (C(OH)–C–C–N with tert-alkyl or cyclic N) is 1. The van der Waals surface area contributed by atoms with Crippen LogP contribution in [0.3, 0.4) is 0 Å². The van der Waals surface area contributed by atoms with Crippen LogP contribution < -0.4 is 4.74 Å². The van der Waals surface area contributed by atoms with Crippen molar-refractivity contribution in [3.63, 3.8) is 0 Å². The lowest BCUT2D eigenvalue weighted by Crippen LogP contribution is -2.23. The van der Waals surface area contributed by atoms with E-state index in [2.05, 4.69) is 17.0 Å². The van der Waals surface area contributed by atoms with Crippen molar-refractivity contribution in [1.29, 1.82) is 0 Å². The van der Waals surface area contributed by atoms with Gasteiger partial charge in [-0.1, -0.05) is 36.4 Å². The molecule has 138 valence electrons. The maximum atomic E-state index is 13.6. The second-order valence-electron chi connectivity index (χ2n) is 7.44. The van der Waals surface area contributed by atoms with Crippen LogP contribution in [0, 0.1) is 17.2 Å². The van der Waals surface area contributed by atoms with Crippen molar-refractivity contribution < 1.29 is 19.3 Å². The monoisotopic (exact) mass is 357 g/mol. The fourth-order valence-corrected chi connectivity index (χ4v) is 4.84. The van der Waals surface area contributed by atoms with Crippen LogP contribution in [0.5, 0.6) is 5.75 Å². The molecule has 1 spiro atoms.